The summed E-state index contributed by atoms with van der Waals surface area (Å²) < 4.78 is 0.835. The summed E-state index contributed by atoms with van der Waals surface area (Å²) in [7, 11) is 0. The summed E-state index contributed by atoms with van der Waals surface area (Å²) >= 11 is 3.39. The van der Waals surface area contributed by atoms with Crippen molar-refractivity contribution in [3.8, 4) is 0 Å². The molecule has 0 atom stereocenters. The molecule has 3 N–H and O–H groups in total. The molecule has 0 bridgehead atoms. The normalized spacial score (nSPS) is 16.4. The molecule has 22 heavy (non-hydrogen) atoms. The van der Waals surface area contributed by atoms with Gasteiger partial charge in [-0.25, -0.2) is 9.97 Å². The molecule has 0 unspecified atom stereocenters. The third-order valence-corrected chi connectivity index (χ3v) is 4.60. The Bertz CT molecular complexity index is 836. The van der Waals surface area contributed by atoms with Crippen LogP contribution in [0.15, 0.2) is 29.3 Å². The van der Waals surface area contributed by atoms with Crippen LogP contribution in [0.3, 0.4) is 0 Å². The maximum atomic E-state index is 12.7. The number of pyridine rings is 1. The van der Waals surface area contributed by atoms with Crippen LogP contribution in [0.2, 0.25) is 0 Å². The van der Waals surface area contributed by atoms with Gasteiger partial charge in [0.25, 0.3) is 5.91 Å². The van der Waals surface area contributed by atoms with Crippen molar-refractivity contribution >= 4 is 32.9 Å². The summed E-state index contributed by atoms with van der Waals surface area (Å²) in [5, 5.41) is 10.7. The van der Waals surface area contributed by atoms with E-state index < -0.39 is 5.54 Å². The lowest BCUT2D eigenvalue weighted by Gasteiger charge is -2.40. The minimum absolute atomic E-state index is 0.137. The monoisotopic (exact) mass is 360 g/mol. The number of halogens is 1. The van der Waals surface area contributed by atoms with Crippen LogP contribution in [0, 0.1) is 0 Å². The van der Waals surface area contributed by atoms with Gasteiger partial charge in [0.15, 0.2) is 0 Å². The lowest BCUT2D eigenvalue weighted by Crippen LogP contribution is -2.51. The molecule has 0 saturated heterocycles. The minimum Gasteiger partial charge on any atom is -0.345 e. The number of fused-ring (bicyclic) bond motifs is 1. The van der Waals surface area contributed by atoms with E-state index in [4.69, 9.17) is 0 Å². The Labute approximate surface area is 134 Å². The van der Waals surface area contributed by atoms with Gasteiger partial charge in [0.2, 0.25) is 0 Å². The van der Waals surface area contributed by atoms with Crippen molar-refractivity contribution in [2.24, 2.45) is 0 Å². The molecule has 1 fully saturated rings. The number of nitrogens with one attached hydrogen (secondary N) is 3. The Morgan fingerprint density at radius 3 is 2.91 bits per heavy atom. The van der Waals surface area contributed by atoms with E-state index in [0.717, 1.165) is 29.1 Å². The highest BCUT2D eigenvalue weighted by atomic mass is 79.9. The van der Waals surface area contributed by atoms with E-state index in [1.54, 1.807) is 12.4 Å². The first-order valence-electron chi connectivity index (χ1n) is 6.99. The van der Waals surface area contributed by atoms with Crippen LogP contribution in [0.1, 0.15) is 35.4 Å². The number of H-pyrrole nitrogens is 2. The van der Waals surface area contributed by atoms with Crippen molar-refractivity contribution in [2.75, 3.05) is 0 Å². The van der Waals surface area contributed by atoms with Gasteiger partial charge in [-0.1, -0.05) is 0 Å². The molecule has 112 valence electrons. The van der Waals surface area contributed by atoms with Gasteiger partial charge in [-0.05, 0) is 41.3 Å². The molecule has 0 aromatic carbocycles. The number of hydrogen-bond acceptors (Lipinski definition) is 4. The SMILES string of the molecule is O=C(NC1(c2ncn[nH]2)CCC1)c1c[nH]c2ncc(Br)cc12. The van der Waals surface area contributed by atoms with Crippen molar-refractivity contribution < 1.29 is 4.79 Å². The van der Waals surface area contributed by atoms with Crippen LogP contribution in [-0.2, 0) is 5.54 Å². The van der Waals surface area contributed by atoms with Gasteiger partial charge in [-0.3, -0.25) is 9.89 Å². The quantitative estimate of drug-likeness (QED) is 0.666. The summed E-state index contributed by atoms with van der Waals surface area (Å²) in [6.45, 7) is 0. The first kappa shape index (κ1) is 13.4. The summed E-state index contributed by atoms with van der Waals surface area (Å²) in [6.07, 6.45) is 7.63. The molecule has 4 rings (SSSR count). The fourth-order valence-corrected chi connectivity index (χ4v) is 3.17. The Morgan fingerprint density at radius 1 is 1.36 bits per heavy atom. The maximum Gasteiger partial charge on any atom is 0.254 e. The Hall–Kier alpha value is -2.22. The zero-order chi connectivity index (χ0) is 15.2. The molecule has 3 heterocycles. The highest BCUT2D eigenvalue weighted by molar-refractivity contribution is 9.10. The van der Waals surface area contributed by atoms with Gasteiger partial charge in [-0.15, -0.1) is 0 Å². The number of aromatic nitrogens is 5. The fraction of sp³-hybridized carbons (Fsp3) is 0.286. The second-order valence-corrected chi connectivity index (χ2v) is 6.39. The summed E-state index contributed by atoms with van der Waals surface area (Å²) in [4.78, 5) is 24.2. The molecule has 1 amide bonds. The number of rotatable bonds is 3. The third kappa shape index (κ3) is 2.02. The molecule has 0 radical (unpaired) electrons. The molecular weight excluding hydrogens is 348 g/mol. The van der Waals surface area contributed by atoms with Gasteiger partial charge in [0.1, 0.15) is 17.8 Å². The first-order chi connectivity index (χ1) is 10.7. The van der Waals surface area contributed by atoms with E-state index in [0.29, 0.717) is 17.0 Å². The van der Waals surface area contributed by atoms with E-state index in [9.17, 15) is 4.79 Å². The number of amides is 1. The fourth-order valence-electron chi connectivity index (χ4n) is 2.84. The van der Waals surface area contributed by atoms with Crippen molar-refractivity contribution in [3.63, 3.8) is 0 Å². The molecule has 7 nitrogen and oxygen atoms in total. The van der Waals surface area contributed by atoms with Gasteiger partial charge >= 0.3 is 0 Å². The van der Waals surface area contributed by atoms with E-state index in [2.05, 4.69) is 46.4 Å². The van der Waals surface area contributed by atoms with Gasteiger partial charge < -0.3 is 10.3 Å². The molecule has 1 aliphatic carbocycles. The van der Waals surface area contributed by atoms with Crippen molar-refractivity contribution in [2.45, 2.75) is 24.8 Å². The molecule has 0 spiro atoms. The predicted octanol–water partition coefficient (Wildman–Crippen LogP) is 2.25. The number of hydrogen-bond donors (Lipinski definition) is 3. The smallest absolute Gasteiger partial charge is 0.254 e. The standard InChI is InChI=1S/C14H13BrN6O/c15-8-4-9-10(6-17-11(9)16-5-8)12(22)20-14(2-1-3-14)13-18-7-19-21-13/h4-7H,1-3H2,(H,16,17)(H,20,22)(H,18,19,21). The van der Waals surface area contributed by atoms with Crippen LogP contribution < -0.4 is 5.32 Å². The predicted molar refractivity (Wildman–Crippen MR) is 83.2 cm³/mol. The highest BCUT2D eigenvalue weighted by Crippen LogP contribution is 2.39. The first-order valence-corrected chi connectivity index (χ1v) is 7.78. The number of carbonyl (C=O) groups is 1. The van der Waals surface area contributed by atoms with E-state index in [1.165, 1.54) is 6.33 Å². The number of carbonyl (C=O) groups excluding carboxylic acids is 1. The Morgan fingerprint density at radius 2 is 2.23 bits per heavy atom. The van der Waals surface area contributed by atoms with Crippen LogP contribution in [-0.4, -0.2) is 31.1 Å². The molecule has 0 aliphatic heterocycles. The third-order valence-electron chi connectivity index (χ3n) is 4.17. The summed E-state index contributed by atoms with van der Waals surface area (Å²) in [5.41, 5.74) is 0.835. The van der Waals surface area contributed by atoms with E-state index >= 15 is 0 Å². The van der Waals surface area contributed by atoms with E-state index in [1.807, 2.05) is 6.07 Å². The van der Waals surface area contributed by atoms with Crippen molar-refractivity contribution in [1.82, 2.24) is 30.5 Å². The van der Waals surface area contributed by atoms with E-state index in [-0.39, 0.29) is 5.91 Å². The summed E-state index contributed by atoms with van der Waals surface area (Å²) in [5.74, 6) is 0.577. The van der Waals surface area contributed by atoms with Gasteiger partial charge in [-0.2, -0.15) is 5.10 Å². The zero-order valence-electron chi connectivity index (χ0n) is 11.6. The molecule has 3 aromatic rings. The maximum absolute atomic E-state index is 12.7. The average molecular weight is 361 g/mol. The molecule has 8 heteroatoms. The van der Waals surface area contributed by atoms with Crippen molar-refractivity contribution in [1.29, 1.82) is 0 Å². The average Bonchev–Trinajstić information content (AvgIpc) is 3.11. The molecule has 1 saturated carbocycles. The number of nitrogens with zero attached hydrogens (tertiary/aromatic N) is 3. The van der Waals surface area contributed by atoms with Crippen molar-refractivity contribution in [3.05, 3.63) is 40.6 Å². The second kappa shape index (κ2) is 4.91. The number of aromatic amines is 2. The molecular formula is C14H13BrN6O. The summed E-state index contributed by atoms with van der Waals surface area (Å²) in [6, 6.07) is 1.88. The van der Waals surface area contributed by atoms with Gasteiger partial charge in [0, 0.05) is 22.3 Å². The molecule has 1 aliphatic rings. The van der Waals surface area contributed by atoms with Gasteiger partial charge in [0.05, 0.1) is 11.1 Å². The van der Waals surface area contributed by atoms with Crippen LogP contribution >= 0.6 is 15.9 Å². The topological polar surface area (TPSA) is 99.4 Å². The highest BCUT2D eigenvalue weighted by Gasteiger charge is 2.43. The lowest BCUT2D eigenvalue weighted by atomic mass is 9.76. The molecule has 3 aromatic heterocycles. The largest absolute Gasteiger partial charge is 0.345 e. The van der Waals surface area contributed by atoms with Crippen LogP contribution in [0.25, 0.3) is 11.0 Å². The Kier molecular flexibility index (Phi) is 3.00. The second-order valence-electron chi connectivity index (χ2n) is 5.48. The van der Waals surface area contributed by atoms with Crippen LogP contribution in [0.5, 0.6) is 0 Å². The minimum atomic E-state index is -0.434. The lowest BCUT2D eigenvalue weighted by molar-refractivity contribution is 0.0811. The zero-order valence-corrected chi connectivity index (χ0v) is 13.1. The van der Waals surface area contributed by atoms with Crippen LogP contribution in [0.4, 0.5) is 0 Å². The Balaban J connectivity index is 1.68.